The van der Waals surface area contributed by atoms with Gasteiger partial charge in [-0.3, -0.25) is 0 Å². The summed E-state index contributed by atoms with van der Waals surface area (Å²) in [5.74, 6) is 0.751. The Hall–Kier alpha value is -1.75. The molecule has 0 saturated carbocycles. The van der Waals surface area contributed by atoms with Crippen molar-refractivity contribution in [3.05, 3.63) is 34.3 Å². The van der Waals surface area contributed by atoms with Gasteiger partial charge < -0.3 is 5.32 Å². The number of fused-ring (bicyclic) bond motifs is 1. The lowest BCUT2D eigenvalue weighted by molar-refractivity contribution is 0.794. The first kappa shape index (κ1) is 9.47. The molecule has 0 spiro atoms. The third-order valence-corrected chi connectivity index (χ3v) is 3.18. The first-order valence-electron chi connectivity index (χ1n) is 5.03. The molecule has 1 aromatic rings. The van der Waals surface area contributed by atoms with E-state index in [2.05, 4.69) is 37.1 Å². The van der Waals surface area contributed by atoms with E-state index in [-0.39, 0.29) is 0 Å². The Morgan fingerprint density at radius 3 is 3.25 bits per heavy atom. The quantitative estimate of drug-likeness (QED) is 0.847. The van der Waals surface area contributed by atoms with E-state index in [0.717, 1.165) is 30.2 Å². The molecule has 0 amide bonds. The van der Waals surface area contributed by atoms with E-state index in [0.29, 0.717) is 0 Å². The highest BCUT2D eigenvalue weighted by molar-refractivity contribution is 7.07. The van der Waals surface area contributed by atoms with Crippen LogP contribution in [0.15, 0.2) is 43.7 Å². The SMILES string of the molecule is C1=NC2=NC=C(NCc3ccsc3)CC2=N1. The van der Waals surface area contributed by atoms with Crippen molar-refractivity contribution in [2.24, 2.45) is 15.0 Å². The van der Waals surface area contributed by atoms with Crippen LogP contribution in [-0.4, -0.2) is 17.9 Å². The number of aliphatic imine (C=N–C) groups is 3. The first-order valence-corrected chi connectivity index (χ1v) is 5.97. The lowest BCUT2D eigenvalue weighted by Gasteiger charge is -2.12. The van der Waals surface area contributed by atoms with Crippen LogP contribution in [0, 0.1) is 0 Å². The summed E-state index contributed by atoms with van der Waals surface area (Å²) < 4.78 is 0. The van der Waals surface area contributed by atoms with Crippen molar-refractivity contribution in [2.75, 3.05) is 0 Å². The summed E-state index contributed by atoms with van der Waals surface area (Å²) in [6.07, 6.45) is 4.19. The molecule has 4 nitrogen and oxygen atoms in total. The Morgan fingerprint density at radius 2 is 2.38 bits per heavy atom. The summed E-state index contributed by atoms with van der Waals surface area (Å²) in [5.41, 5.74) is 3.35. The summed E-state index contributed by atoms with van der Waals surface area (Å²) in [7, 11) is 0. The Bertz CT molecular complexity index is 508. The van der Waals surface area contributed by atoms with E-state index in [4.69, 9.17) is 0 Å². The largest absolute Gasteiger partial charge is 0.383 e. The molecule has 1 N–H and O–H groups in total. The summed E-state index contributed by atoms with van der Waals surface area (Å²) in [6, 6.07) is 2.12. The summed E-state index contributed by atoms with van der Waals surface area (Å²) in [4.78, 5) is 12.5. The Morgan fingerprint density at radius 1 is 1.38 bits per heavy atom. The number of amidine groups is 1. The minimum Gasteiger partial charge on any atom is -0.383 e. The molecule has 0 fully saturated rings. The topological polar surface area (TPSA) is 49.1 Å². The second-order valence-corrected chi connectivity index (χ2v) is 4.37. The van der Waals surface area contributed by atoms with Gasteiger partial charge in [-0.25, -0.2) is 15.0 Å². The second kappa shape index (κ2) is 4.02. The van der Waals surface area contributed by atoms with Crippen LogP contribution in [0.1, 0.15) is 12.0 Å². The van der Waals surface area contributed by atoms with E-state index < -0.39 is 0 Å². The minimum absolute atomic E-state index is 0.751. The number of nitrogens with zero attached hydrogens (tertiary/aromatic N) is 3. The molecule has 0 aliphatic carbocycles. The third kappa shape index (κ3) is 1.81. The molecule has 0 atom stereocenters. The van der Waals surface area contributed by atoms with Gasteiger partial charge >= 0.3 is 0 Å². The number of allylic oxidation sites excluding steroid dienone is 1. The van der Waals surface area contributed by atoms with Gasteiger partial charge in [-0.05, 0) is 22.4 Å². The molecule has 3 heterocycles. The fraction of sp³-hybridized carbons (Fsp3) is 0.182. The van der Waals surface area contributed by atoms with Crippen molar-refractivity contribution in [3.8, 4) is 0 Å². The zero-order chi connectivity index (χ0) is 10.8. The van der Waals surface area contributed by atoms with Crippen LogP contribution >= 0.6 is 11.3 Å². The molecule has 5 heteroatoms. The van der Waals surface area contributed by atoms with E-state index >= 15 is 0 Å². The van der Waals surface area contributed by atoms with Gasteiger partial charge in [-0.1, -0.05) is 0 Å². The number of hydrogen-bond acceptors (Lipinski definition) is 5. The molecule has 2 aliphatic rings. The Labute approximate surface area is 97.2 Å². The fourth-order valence-corrected chi connectivity index (χ4v) is 2.27. The molecule has 1 aromatic heterocycles. The van der Waals surface area contributed by atoms with Gasteiger partial charge in [-0.15, -0.1) is 0 Å². The van der Waals surface area contributed by atoms with Crippen molar-refractivity contribution < 1.29 is 0 Å². The van der Waals surface area contributed by atoms with Crippen molar-refractivity contribution in [2.45, 2.75) is 13.0 Å². The predicted octanol–water partition coefficient (Wildman–Crippen LogP) is 1.96. The van der Waals surface area contributed by atoms with E-state index in [1.54, 1.807) is 17.7 Å². The lowest BCUT2D eigenvalue weighted by atomic mass is 10.1. The summed E-state index contributed by atoms with van der Waals surface area (Å²) in [6.45, 7) is 0.842. The molecule has 0 bridgehead atoms. The highest BCUT2D eigenvalue weighted by Gasteiger charge is 2.17. The third-order valence-electron chi connectivity index (χ3n) is 2.45. The van der Waals surface area contributed by atoms with Gasteiger partial charge in [0.05, 0.1) is 5.71 Å². The van der Waals surface area contributed by atoms with Crippen LogP contribution in [0.3, 0.4) is 0 Å². The highest BCUT2D eigenvalue weighted by Crippen LogP contribution is 2.13. The van der Waals surface area contributed by atoms with Gasteiger partial charge in [0, 0.05) is 24.9 Å². The fourth-order valence-electron chi connectivity index (χ4n) is 1.60. The summed E-state index contributed by atoms with van der Waals surface area (Å²) in [5, 5.41) is 7.58. The van der Waals surface area contributed by atoms with Crippen molar-refractivity contribution in [3.63, 3.8) is 0 Å². The van der Waals surface area contributed by atoms with Crippen molar-refractivity contribution >= 4 is 29.2 Å². The maximum absolute atomic E-state index is 4.24. The van der Waals surface area contributed by atoms with Crippen molar-refractivity contribution in [1.29, 1.82) is 0 Å². The molecule has 0 saturated heterocycles. The summed E-state index contributed by atoms with van der Waals surface area (Å²) >= 11 is 1.71. The molecule has 3 rings (SSSR count). The minimum atomic E-state index is 0.751. The van der Waals surface area contributed by atoms with Crippen LogP contribution in [0.5, 0.6) is 0 Å². The molecule has 2 aliphatic heterocycles. The Kier molecular flexibility index (Phi) is 2.38. The molecule has 0 aromatic carbocycles. The van der Waals surface area contributed by atoms with Gasteiger partial charge in [0.25, 0.3) is 0 Å². The van der Waals surface area contributed by atoms with Crippen molar-refractivity contribution in [1.82, 2.24) is 5.32 Å². The van der Waals surface area contributed by atoms with Gasteiger partial charge in [0.1, 0.15) is 6.34 Å². The van der Waals surface area contributed by atoms with Crippen LogP contribution < -0.4 is 5.32 Å². The number of nitrogens with one attached hydrogen (secondary N) is 1. The average Bonchev–Trinajstić information content (AvgIpc) is 2.97. The first-order chi connectivity index (χ1) is 7.92. The lowest BCUT2D eigenvalue weighted by Crippen LogP contribution is -2.21. The zero-order valence-electron chi connectivity index (χ0n) is 8.55. The highest BCUT2D eigenvalue weighted by atomic mass is 32.1. The van der Waals surface area contributed by atoms with Gasteiger partial charge in [-0.2, -0.15) is 11.3 Å². The maximum atomic E-state index is 4.24. The van der Waals surface area contributed by atoms with E-state index in [1.165, 1.54) is 5.56 Å². The van der Waals surface area contributed by atoms with E-state index in [9.17, 15) is 0 Å². The smallest absolute Gasteiger partial charge is 0.175 e. The predicted molar refractivity (Wildman–Crippen MR) is 67.2 cm³/mol. The molecule has 0 unspecified atom stereocenters. The zero-order valence-corrected chi connectivity index (χ0v) is 9.37. The van der Waals surface area contributed by atoms with Crippen LogP contribution in [-0.2, 0) is 6.54 Å². The van der Waals surface area contributed by atoms with E-state index in [1.807, 2.05) is 6.20 Å². The average molecular weight is 230 g/mol. The number of hydrogen-bond donors (Lipinski definition) is 1. The monoisotopic (exact) mass is 230 g/mol. The van der Waals surface area contributed by atoms with Gasteiger partial charge in [0.15, 0.2) is 5.84 Å². The number of thiophene rings is 1. The normalized spacial score (nSPS) is 17.6. The van der Waals surface area contributed by atoms with Crippen LogP contribution in [0.25, 0.3) is 0 Å². The second-order valence-electron chi connectivity index (χ2n) is 3.59. The van der Waals surface area contributed by atoms with Crippen LogP contribution in [0.2, 0.25) is 0 Å². The number of rotatable bonds is 3. The van der Waals surface area contributed by atoms with Gasteiger partial charge in [0.2, 0.25) is 0 Å². The molecular formula is C11H10N4S. The molecular weight excluding hydrogens is 220 g/mol. The Balaban J connectivity index is 1.65. The molecule has 0 radical (unpaired) electrons. The molecule has 80 valence electrons. The standard InChI is InChI=1S/C11H10N4S/c1-2-16-6-8(1)4-12-9-3-10-11(13-5-9)15-7-14-10/h1-2,5-7,12H,3-4H2. The molecule has 16 heavy (non-hydrogen) atoms. The van der Waals surface area contributed by atoms with Crippen LogP contribution in [0.4, 0.5) is 0 Å². The maximum Gasteiger partial charge on any atom is 0.175 e.